The molecule has 2 heterocycles. The van der Waals surface area contributed by atoms with Crippen molar-refractivity contribution in [1.82, 2.24) is 9.97 Å². The predicted molar refractivity (Wildman–Crippen MR) is 73.2 cm³/mol. The Balaban J connectivity index is 2.25. The van der Waals surface area contributed by atoms with Gasteiger partial charge in [0.1, 0.15) is 5.75 Å². The molecule has 2 aromatic heterocycles. The van der Waals surface area contributed by atoms with E-state index in [4.69, 9.17) is 4.74 Å². The van der Waals surface area contributed by atoms with Gasteiger partial charge in [-0.3, -0.25) is 9.97 Å². The van der Waals surface area contributed by atoms with E-state index in [-0.39, 0.29) is 0 Å². The lowest BCUT2D eigenvalue weighted by Gasteiger charge is -2.15. The van der Waals surface area contributed by atoms with Crippen LogP contribution >= 0.6 is 0 Å². The second-order valence-corrected chi connectivity index (χ2v) is 4.55. The molecule has 2 aromatic rings. The zero-order valence-electron chi connectivity index (χ0n) is 11.4. The highest BCUT2D eigenvalue weighted by molar-refractivity contribution is 5.41. The fourth-order valence-corrected chi connectivity index (χ4v) is 2.15. The SMILES string of the molecule is COc1c(C)cnc(CC(O)c2cccnc2)c1C. The van der Waals surface area contributed by atoms with Crippen LogP contribution in [0.3, 0.4) is 0 Å². The lowest BCUT2D eigenvalue weighted by Crippen LogP contribution is -2.07. The van der Waals surface area contributed by atoms with Crippen molar-refractivity contribution < 1.29 is 9.84 Å². The van der Waals surface area contributed by atoms with Crippen molar-refractivity contribution in [3.8, 4) is 5.75 Å². The van der Waals surface area contributed by atoms with E-state index in [2.05, 4.69) is 9.97 Å². The Morgan fingerprint density at radius 3 is 2.74 bits per heavy atom. The van der Waals surface area contributed by atoms with Crippen LogP contribution in [0.4, 0.5) is 0 Å². The van der Waals surface area contributed by atoms with Crippen LogP contribution in [0.5, 0.6) is 5.75 Å². The summed E-state index contributed by atoms with van der Waals surface area (Å²) >= 11 is 0. The Morgan fingerprint density at radius 2 is 2.11 bits per heavy atom. The van der Waals surface area contributed by atoms with E-state index >= 15 is 0 Å². The van der Waals surface area contributed by atoms with Gasteiger partial charge in [-0.15, -0.1) is 0 Å². The van der Waals surface area contributed by atoms with Gasteiger partial charge in [0.2, 0.25) is 0 Å². The number of methoxy groups -OCH3 is 1. The van der Waals surface area contributed by atoms with Crippen molar-refractivity contribution in [3.63, 3.8) is 0 Å². The largest absolute Gasteiger partial charge is 0.496 e. The van der Waals surface area contributed by atoms with Gasteiger partial charge in [-0.25, -0.2) is 0 Å². The van der Waals surface area contributed by atoms with E-state index in [1.807, 2.05) is 26.0 Å². The van der Waals surface area contributed by atoms with Crippen LogP contribution in [-0.4, -0.2) is 22.2 Å². The number of nitrogens with zero attached hydrogens (tertiary/aromatic N) is 2. The lowest BCUT2D eigenvalue weighted by atomic mass is 10.0. The number of rotatable bonds is 4. The number of pyridine rings is 2. The molecule has 4 nitrogen and oxygen atoms in total. The number of aryl methyl sites for hydroxylation is 1. The number of hydrogen-bond acceptors (Lipinski definition) is 4. The van der Waals surface area contributed by atoms with E-state index in [9.17, 15) is 5.11 Å². The number of aliphatic hydroxyl groups is 1. The molecule has 0 saturated carbocycles. The molecule has 0 spiro atoms. The van der Waals surface area contributed by atoms with Crippen LogP contribution in [0.25, 0.3) is 0 Å². The summed E-state index contributed by atoms with van der Waals surface area (Å²) < 4.78 is 5.37. The first kappa shape index (κ1) is 13.5. The summed E-state index contributed by atoms with van der Waals surface area (Å²) in [6, 6.07) is 3.67. The highest BCUT2D eigenvalue weighted by Gasteiger charge is 2.14. The predicted octanol–water partition coefficient (Wildman–Crippen LogP) is 2.38. The summed E-state index contributed by atoms with van der Waals surface area (Å²) in [6.45, 7) is 3.92. The van der Waals surface area contributed by atoms with Gasteiger partial charge in [-0.1, -0.05) is 6.07 Å². The zero-order valence-corrected chi connectivity index (χ0v) is 11.4. The minimum atomic E-state index is -0.604. The van der Waals surface area contributed by atoms with Crippen LogP contribution in [-0.2, 0) is 6.42 Å². The summed E-state index contributed by atoms with van der Waals surface area (Å²) in [6.07, 6.45) is 4.98. The van der Waals surface area contributed by atoms with Crippen LogP contribution < -0.4 is 4.74 Å². The molecule has 0 saturated heterocycles. The Hall–Kier alpha value is -1.94. The first-order valence-electron chi connectivity index (χ1n) is 6.20. The Kier molecular flexibility index (Phi) is 4.12. The molecule has 0 aliphatic rings. The third-order valence-electron chi connectivity index (χ3n) is 3.21. The first-order valence-corrected chi connectivity index (χ1v) is 6.20. The van der Waals surface area contributed by atoms with Crippen LogP contribution in [0.15, 0.2) is 30.7 Å². The summed E-state index contributed by atoms with van der Waals surface area (Å²) in [5, 5.41) is 10.2. The van der Waals surface area contributed by atoms with Crippen molar-refractivity contribution in [2.45, 2.75) is 26.4 Å². The molecule has 1 N–H and O–H groups in total. The van der Waals surface area contributed by atoms with Crippen molar-refractivity contribution in [2.75, 3.05) is 7.11 Å². The topological polar surface area (TPSA) is 55.2 Å². The van der Waals surface area contributed by atoms with Gasteiger partial charge in [0.05, 0.1) is 13.2 Å². The van der Waals surface area contributed by atoms with Crippen LogP contribution in [0, 0.1) is 13.8 Å². The lowest BCUT2D eigenvalue weighted by molar-refractivity contribution is 0.176. The summed E-state index contributed by atoms with van der Waals surface area (Å²) in [4.78, 5) is 8.40. The monoisotopic (exact) mass is 258 g/mol. The van der Waals surface area contributed by atoms with Crippen LogP contribution in [0.1, 0.15) is 28.5 Å². The molecule has 4 heteroatoms. The maximum absolute atomic E-state index is 10.2. The summed E-state index contributed by atoms with van der Waals surface area (Å²) in [7, 11) is 1.65. The Bertz CT molecular complexity index is 556. The molecule has 0 amide bonds. The normalized spacial score (nSPS) is 12.2. The van der Waals surface area contributed by atoms with Gasteiger partial charge >= 0.3 is 0 Å². The van der Waals surface area contributed by atoms with Gasteiger partial charge in [0.15, 0.2) is 0 Å². The standard InChI is InChI=1S/C15H18N2O2/c1-10-8-17-13(11(2)15(10)19-3)7-14(18)12-5-4-6-16-9-12/h4-6,8-9,14,18H,7H2,1-3H3. The minimum absolute atomic E-state index is 0.453. The van der Waals surface area contributed by atoms with Crippen molar-refractivity contribution in [1.29, 1.82) is 0 Å². The van der Waals surface area contributed by atoms with Crippen molar-refractivity contribution >= 4 is 0 Å². The van der Waals surface area contributed by atoms with Gasteiger partial charge in [-0.2, -0.15) is 0 Å². The van der Waals surface area contributed by atoms with Crippen molar-refractivity contribution in [3.05, 3.63) is 53.1 Å². The van der Waals surface area contributed by atoms with Gasteiger partial charge in [0, 0.05) is 41.8 Å². The molecular formula is C15H18N2O2. The maximum Gasteiger partial charge on any atom is 0.128 e. The molecule has 0 fully saturated rings. The molecule has 1 unspecified atom stereocenters. The number of aliphatic hydroxyl groups excluding tert-OH is 1. The van der Waals surface area contributed by atoms with Gasteiger partial charge in [0.25, 0.3) is 0 Å². The molecule has 2 rings (SSSR count). The molecule has 0 aliphatic carbocycles. The first-order chi connectivity index (χ1) is 9.13. The van der Waals surface area contributed by atoms with E-state index in [1.165, 1.54) is 0 Å². The number of hydrogen-bond donors (Lipinski definition) is 1. The smallest absolute Gasteiger partial charge is 0.128 e. The molecule has 100 valence electrons. The van der Waals surface area contributed by atoms with E-state index in [0.717, 1.165) is 28.1 Å². The molecule has 0 bridgehead atoms. The highest BCUT2D eigenvalue weighted by Crippen LogP contribution is 2.26. The summed E-state index contributed by atoms with van der Waals surface area (Å²) in [5.74, 6) is 0.836. The number of aromatic nitrogens is 2. The van der Waals surface area contributed by atoms with Crippen molar-refractivity contribution in [2.24, 2.45) is 0 Å². The highest BCUT2D eigenvalue weighted by atomic mass is 16.5. The Morgan fingerprint density at radius 1 is 1.32 bits per heavy atom. The number of ether oxygens (including phenoxy) is 1. The second kappa shape index (κ2) is 5.80. The minimum Gasteiger partial charge on any atom is -0.496 e. The summed E-state index contributed by atoms with van der Waals surface area (Å²) in [5.41, 5.74) is 3.62. The third kappa shape index (κ3) is 2.90. The van der Waals surface area contributed by atoms with Gasteiger partial charge in [-0.05, 0) is 25.5 Å². The Labute approximate surface area is 113 Å². The second-order valence-electron chi connectivity index (χ2n) is 4.55. The average molecular weight is 258 g/mol. The van der Waals surface area contributed by atoms with E-state index in [1.54, 1.807) is 25.7 Å². The molecule has 0 aromatic carbocycles. The zero-order chi connectivity index (χ0) is 13.8. The quantitative estimate of drug-likeness (QED) is 0.914. The molecule has 19 heavy (non-hydrogen) atoms. The fourth-order valence-electron chi connectivity index (χ4n) is 2.15. The molecule has 0 radical (unpaired) electrons. The molecule has 1 atom stereocenters. The van der Waals surface area contributed by atoms with E-state index < -0.39 is 6.10 Å². The third-order valence-corrected chi connectivity index (χ3v) is 3.21. The average Bonchev–Trinajstić information content (AvgIpc) is 2.43. The maximum atomic E-state index is 10.2. The van der Waals surface area contributed by atoms with E-state index in [0.29, 0.717) is 6.42 Å². The fraction of sp³-hybridized carbons (Fsp3) is 0.333. The van der Waals surface area contributed by atoms with Gasteiger partial charge < -0.3 is 9.84 Å². The van der Waals surface area contributed by atoms with Crippen LogP contribution in [0.2, 0.25) is 0 Å². The molecular weight excluding hydrogens is 240 g/mol. The molecule has 0 aliphatic heterocycles.